The Labute approximate surface area is 182 Å². The number of esters is 1. The van der Waals surface area contributed by atoms with Gasteiger partial charge in [-0.25, -0.2) is 4.79 Å². The molecule has 0 aromatic heterocycles. The normalized spacial score (nSPS) is 21.4. The molecule has 1 aliphatic carbocycles. The summed E-state index contributed by atoms with van der Waals surface area (Å²) in [6.45, 7) is 4.51. The summed E-state index contributed by atoms with van der Waals surface area (Å²) >= 11 is 6.01. The van der Waals surface area contributed by atoms with Crippen LogP contribution in [0.3, 0.4) is 0 Å². The summed E-state index contributed by atoms with van der Waals surface area (Å²) in [6, 6.07) is 0.964. The molecule has 1 unspecified atom stereocenters. The van der Waals surface area contributed by atoms with Crippen LogP contribution in [-0.4, -0.2) is 28.6 Å². The summed E-state index contributed by atoms with van der Waals surface area (Å²) in [5.74, 6) is -1.23. The average Bonchev–Trinajstić information content (AvgIpc) is 3.07. The minimum Gasteiger partial charge on any atom is -0.507 e. The standard InChI is InChI=1S/C17H17ClO5.C7H10/c18-16-12-9-11(19)7-5-3-1-2-4-6-8-23-17(22)15(12)13(20)10-14(16)21;1-6-4-3-5-7(6)2/h2,4-5,7,10,20-21H,1,3,6,8-9H2;3-6H,1-2H3/b4-2+,7-5+;. The lowest BCUT2D eigenvalue weighted by Gasteiger charge is -2.13. The maximum atomic E-state index is 12.2. The van der Waals surface area contributed by atoms with Crippen molar-refractivity contribution >= 4 is 23.4 Å². The van der Waals surface area contributed by atoms with Gasteiger partial charge in [0.15, 0.2) is 5.78 Å². The van der Waals surface area contributed by atoms with Gasteiger partial charge in [0.05, 0.1) is 11.6 Å². The first kappa shape index (κ1) is 23.5. The van der Waals surface area contributed by atoms with E-state index in [0.717, 1.165) is 12.5 Å². The molecular weight excluding hydrogens is 404 g/mol. The predicted octanol–water partition coefficient (Wildman–Crippen LogP) is 5.45. The molecule has 1 aliphatic heterocycles. The van der Waals surface area contributed by atoms with Crippen LogP contribution < -0.4 is 0 Å². The Morgan fingerprint density at radius 2 is 1.77 bits per heavy atom. The summed E-state index contributed by atoms with van der Waals surface area (Å²) in [7, 11) is 0. The second kappa shape index (κ2) is 11.4. The van der Waals surface area contributed by atoms with Crippen molar-refractivity contribution in [1.82, 2.24) is 0 Å². The summed E-state index contributed by atoms with van der Waals surface area (Å²) < 4.78 is 5.10. The number of halogens is 1. The smallest absolute Gasteiger partial charge is 0.342 e. The molecule has 0 spiro atoms. The van der Waals surface area contributed by atoms with Crippen LogP contribution in [0.4, 0.5) is 0 Å². The van der Waals surface area contributed by atoms with E-state index in [-0.39, 0.29) is 35.0 Å². The molecule has 3 rings (SSSR count). The van der Waals surface area contributed by atoms with Crippen molar-refractivity contribution in [3.8, 4) is 11.5 Å². The van der Waals surface area contributed by atoms with Crippen LogP contribution in [0.5, 0.6) is 11.5 Å². The van der Waals surface area contributed by atoms with E-state index in [1.54, 1.807) is 6.08 Å². The van der Waals surface area contributed by atoms with Crippen molar-refractivity contribution in [3.63, 3.8) is 0 Å². The van der Waals surface area contributed by atoms with E-state index < -0.39 is 17.5 Å². The van der Waals surface area contributed by atoms with Gasteiger partial charge in [-0.05, 0) is 38.2 Å². The molecule has 1 aromatic rings. The molecule has 2 aliphatic rings. The topological polar surface area (TPSA) is 83.8 Å². The minimum absolute atomic E-state index is 0.0661. The number of rotatable bonds is 0. The van der Waals surface area contributed by atoms with Crippen LogP contribution in [0.2, 0.25) is 5.02 Å². The Morgan fingerprint density at radius 3 is 2.40 bits per heavy atom. The first-order valence-corrected chi connectivity index (χ1v) is 10.3. The van der Waals surface area contributed by atoms with Crippen molar-refractivity contribution < 1.29 is 24.5 Å². The highest BCUT2D eigenvalue weighted by atomic mass is 35.5. The fraction of sp³-hybridized carbons (Fsp3) is 0.333. The van der Waals surface area contributed by atoms with Gasteiger partial charge in [0.2, 0.25) is 0 Å². The fourth-order valence-corrected chi connectivity index (χ4v) is 3.14. The molecule has 0 amide bonds. The van der Waals surface area contributed by atoms with Gasteiger partial charge in [0, 0.05) is 18.1 Å². The van der Waals surface area contributed by atoms with E-state index in [0.29, 0.717) is 18.8 Å². The number of ether oxygens (including phenoxy) is 1. The number of hydrogen-bond acceptors (Lipinski definition) is 5. The van der Waals surface area contributed by atoms with E-state index in [4.69, 9.17) is 16.3 Å². The summed E-state index contributed by atoms with van der Waals surface area (Å²) in [5, 5.41) is 19.5. The molecule has 2 N–H and O–H groups in total. The Kier molecular flexibility index (Phi) is 8.93. The lowest BCUT2D eigenvalue weighted by molar-refractivity contribution is -0.114. The second-order valence-electron chi connectivity index (χ2n) is 7.19. The highest BCUT2D eigenvalue weighted by Gasteiger charge is 2.24. The van der Waals surface area contributed by atoms with Crippen molar-refractivity contribution in [2.75, 3.05) is 6.61 Å². The summed E-state index contributed by atoms with van der Waals surface area (Å²) in [5.41, 5.74) is 1.35. The Balaban J connectivity index is 0.000000386. The number of phenols is 2. The van der Waals surface area contributed by atoms with Crippen LogP contribution >= 0.6 is 11.6 Å². The molecule has 160 valence electrons. The number of hydrogen-bond donors (Lipinski definition) is 2. The number of aromatic hydroxyl groups is 2. The second-order valence-corrected chi connectivity index (χ2v) is 7.56. The third-order valence-electron chi connectivity index (χ3n) is 4.84. The first-order chi connectivity index (χ1) is 14.3. The van der Waals surface area contributed by atoms with Crippen molar-refractivity contribution in [1.29, 1.82) is 0 Å². The van der Waals surface area contributed by atoms with Crippen molar-refractivity contribution in [2.24, 2.45) is 5.92 Å². The van der Waals surface area contributed by atoms with Gasteiger partial charge in [-0.15, -0.1) is 0 Å². The fourth-order valence-electron chi connectivity index (χ4n) is 2.92. The zero-order valence-corrected chi connectivity index (χ0v) is 18.0. The molecule has 0 fully saturated rings. The number of cyclic esters (lactones) is 1. The number of allylic oxidation sites excluding steroid dienone is 7. The Hall–Kier alpha value is -2.79. The molecule has 1 heterocycles. The van der Waals surface area contributed by atoms with Crippen LogP contribution in [0.25, 0.3) is 0 Å². The lowest BCUT2D eigenvalue weighted by Crippen LogP contribution is -2.12. The molecular formula is C24H27ClO5. The van der Waals surface area contributed by atoms with Gasteiger partial charge in [-0.3, -0.25) is 4.79 Å². The highest BCUT2D eigenvalue weighted by Crippen LogP contribution is 2.37. The molecule has 30 heavy (non-hydrogen) atoms. The molecule has 0 saturated heterocycles. The van der Waals surface area contributed by atoms with Gasteiger partial charge in [-0.2, -0.15) is 0 Å². The Bertz CT molecular complexity index is 909. The van der Waals surface area contributed by atoms with E-state index in [9.17, 15) is 19.8 Å². The maximum Gasteiger partial charge on any atom is 0.342 e. The number of benzene rings is 1. The molecule has 0 saturated carbocycles. The van der Waals surface area contributed by atoms with E-state index >= 15 is 0 Å². The van der Waals surface area contributed by atoms with Gasteiger partial charge in [-0.1, -0.05) is 60.6 Å². The van der Waals surface area contributed by atoms with E-state index in [1.807, 2.05) is 12.2 Å². The minimum atomic E-state index is -0.776. The SMILES string of the molecule is CC1=CC=CC1C.O=C1/C=C/CC/C=C/CCOC(=O)c2c(O)cc(O)c(Cl)c2C1. The molecule has 0 bridgehead atoms. The quantitative estimate of drug-likeness (QED) is 0.422. The van der Waals surface area contributed by atoms with Crippen molar-refractivity contribution in [3.05, 3.63) is 70.3 Å². The third-order valence-corrected chi connectivity index (χ3v) is 5.26. The van der Waals surface area contributed by atoms with Crippen LogP contribution in [0.15, 0.2) is 54.2 Å². The Morgan fingerprint density at radius 1 is 1.07 bits per heavy atom. The van der Waals surface area contributed by atoms with E-state index in [2.05, 4.69) is 32.1 Å². The van der Waals surface area contributed by atoms with Gasteiger partial charge >= 0.3 is 5.97 Å². The maximum absolute atomic E-state index is 12.2. The molecule has 0 radical (unpaired) electrons. The van der Waals surface area contributed by atoms with Crippen LogP contribution in [0, 0.1) is 5.92 Å². The number of carbonyl (C=O) groups is 2. The number of ketones is 1. The van der Waals surface area contributed by atoms with Crippen LogP contribution in [0.1, 0.15) is 49.0 Å². The van der Waals surface area contributed by atoms with Gasteiger partial charge in [0.1, 0.15) is 17.1 Å². The number of fused-ring (bicyclic) bond motifs is 1. The lowest BCUT2D eigenvalue weighted by atomic mass is 10.00. The van der Waals surface area contributed by atoms with Crippen LogP contribution in [-0.2, 0) is 16.0 Å². The largest absolute Gasteiger partial charge is 0.507 e. The molecule has 5 nitrogen and oxygen atoms in total. The number of phenolic OH excluding ortho intramolecular Hbond substituents is 2. The molecule has 1 atom stereocenters. The van der Waals surface area contributed by atoms with Gasteiger partial charge in [0.25, 0.3) is 0 Å². The number of carbonyl (C=O) groups excluding carboxylic acids is 2. The predicted molar refractivity (Wildman–Crippen MR) is 118 cm³/mol. The molecule has 6 heteroatoms. The molecule has 1 aromatic carbocycles. The zero-order chi connectivity index (χ0) is 22.1. The zero-order valence-electron chi connectivity index (χ0n) is 17.2. The van der Waals surface area contributed by atoms with Gasteiger partial charge < -0.3 is 14.9 Å². The summed E-state index contributed by atoms with van der Waals surface area (Å²) in [4.78, 5) is 24.2. The van der Waals surface area contributed by atoms with E-state index in [1.165, 1.54) is 11.6 Å². The first-order valence-electron chi connectivity index (χ1n) is 9.91. The monoisotopic (exact) mass is 430 g/mol. The third kappa shape index (κ3) is 6.63. The highest BCUT2D eigenvalue weighted by molar-refractivity contribution is 6.33. The summed E-state index contributed by atoms with van der Waals surface area (Å²) in [6.07, 6.45) is 15.3. The van der Waals surface area contributed by atoms with Crippen molar-refractivity contribution in [2.45, 2.75) is 39.5 Å². The average molecular weight is 431 g/mol.